The van der Waals surface area contributed by atoms with Crippen LogP contribution in [0.25, 0.3) is 22.0 Å². The van der Waals surface area contributed by atoms with Gasteiger partial charge < -0.3 is 25.6 Å². The van der Waals surface area contributed by atoms with Crippen molar-refractivity contribution in [2.24, 2.45) is 5.73 Å². The number of carbonyl (C=O) groups excluding carboxylic acids is 1. The van der Waals surface area contributed by atoms with E-state index < -0.39 is 28.1 Å². The number of nitrogens with two attached hydrogens (primary N) is 1. The lowest BCUT2D eigenvalue weighted by Crippen LogP contribution is -2.38. The van der Waals surface area contributed by atoms with E-state index >= 15 is 0 Å². The van der Waals surface area contributed by atoms with Crippen LogP contribution < -0.4 is 5.73 Å². The largest absolute Gasteiger partial charge is 0.490 e. The number of H-pyrrole nitrogens is 1. The van der Waals surface area contributed by atoms with Gasteiger partial charge in [0.15, 0.2) is 0 Å². The summed E-state index contributed by atoms with van der Waals surface area (Å²) in [4.78, 5) is 30.3. The molecular formula is C28H38F3N5O5S2. The Bertz CT molecular complexity index is 1530. The van der Waals surface area contributed by atoms with Gasteiger partial charge in [-0.25, -0.2) is 17.5 Å². The van der Waals surface area contributed by atoms with Gasteiger partial charge in [-0.1, -0.05) is 0 Å². The fraction of sp³-hybridized carbons (Fsp3) is 0.500. The minimum atomic E-state index is -5.08. The molecule has 4 rings (SSSR count). The fourth-order valence-electron chi connectivity index (χ4n) is 4.91. The van der Waals surface area contributed by atoms with Crippen LogP contribution in [0.2, 0.25) is 0 Å². The Morgan fingerprint density at radius 2 is 1.74 bits per heavy atom. The molecule has 1 fully saturated rings. The highest BCUT2D eigenvalue weighted by Crippen LogP contribution is 2.38. The number of sulfonamides is 1. The number of piperidine rings is 1. The summed E-state index contributed by atoms with van der Waals surface area (Å²) in [5.41, 5.74) is 10.2. The zero-order chi connectivity index (χ0) is 32.1. The van der Waals surface area contributed by atoms with Crippen LogP contribution in [0.1, 0.15) is 46.5 Å². The van der Waals surface area contributed by atoms with E-state index in [4.69, 9.17) is 15.6 Å². The third kappa shape index (κ3) is 9.01. The normalized spacial score (nSPS) is 15.2. The lowest BCUT2D eigenvalue weighted by atomic mass is 9.88. The van der Waals surface area contributed by atoms with Crippen molar-refractivity contribution >= 4 is 44.1 Å². The second-order valence-electron chi connectivity index (χ2n) is 10.8. The quantitative estimate of drug-likeness (QED) is 0.301. The predicted octanol–water partition coefficient (Wildman–Crippen LogP) is 4.15. The second-order valence-corrected chi connectivity index (χ2v) is 14.0. The number of benzene rings is 1. The number of rotatable bonds is 10. The summed E-state index contributed by atoms with van der Waals surface area (Å²) >= 11 is 1.72. The van der Waals surface area contributed by atoms with E-state index in [1.165, 1.54) is 4.88 Å². The Labute approximate surface area is 253 Å². The summed E-state index contributed by atoms with van der Waals surface area (Å²) < 4.78 is 57.9. The van der Waals surface area contributed by atoms with Crippen molar-refractivity contribution in [3.63, 3.8) is 0 Å². The number of aliphatic carboxylic acids is 1. The number of amides is 1. The number of aromatic amines is 1. The standard InChI is InChI=1S/C26H37N5O3S2.C2HF3O2/c1-5-36(33,34)31-8-6-18(7-9-31)24-15-28-25-22(24)13-19(14-23(25)26(27)32)20-12-21(35-17-20)16-30(4)11-10-29(2)3;3-2(4,5)1(6)7/h12-15,17-18,28H,5-11,16H2,1-4H3,(H2,27,32);(H,6,7). The SMILES string of the molecule is CCS(=O)(=O)N1CCC(c2c[nH]c3c(C(N)=O)cc(-c4csc(CN(C)CCN(C)C)c4)cc23)CC1.O=C(O)C(F)(F)F. The molecule has 0 spiro atoms. The van der Waals surface area contributed by atoms with Crippen molar-refractivity contribution in [2.45, 2.75) is 38.4 Å². The van der Waals surface area contributed by atoms with Crippen molar-refractivity contribution in [2.75, 3.05) is 53.1 Å². The van der Waals surface area contributed by atoms with Crippen molar-refractivity contribution < 1.29 is 36.3 Å². The third-order valence-electron chi connectivity index (χ3n) is 7.32. The van der Waals surface area contributed by atoms with Crippen molar-refractivity contribution in [3.05, 3.63) is 45.8 Å². The summed E-state index contributed by atoms with van der Waals surface area (Å²) in [5, 5.41) is 10.3. The maximum Gasteiger partial charge on any atom is 0.490 e. The van der Waals surface area contributed by atoms with Crippen LogP contribution >= 0.6 is 11.3 Å². The average Bonchev–Trinajstić information content (AvgIpc) is 3.58. The molecule has 3 heterocycles. The first kappa shape index (κ1) is 34.5. The minimum absolute atomic E-state index is 0.129. The van der Waals surface area contributed by atoms with Gasteiger partial charge in [-0.05, 0) is 87.1 Å². The number of nitrogens with one attached hydrogen (secondary N) is 1. The van der Waals surface area contributed by atoms with E-state index in [2.05, 4.69) is 53.4 Å². The molecule has 1 aliphatic heterocycles. The van der Waals surface area contributed by atoms with Crippen LogP contribution in [0.3, 0.4) is 0 Å². The number of likely N-dealkylation sites (N-methyl/N-ethyl adjacent to an activating group) is 2. The topological polar surface area (TPSA) is 140 Å². The number of alkyl halides is 3. The molecule has 0 aliphatic carbocycles. The monoisotopic (exact) mass is 645 g/mol. The van der Waals surface area contributed by atoms with Gasteiger partial charge in [-0.3, -0.25) is 4.79 Å². The Hall–Kier alpha value is -2.98. The fourth-order valence-corrected chi connectivity index (χ4v) is 7.01. The first-order valence-electron chi connectivity index (χ1n) is 13.7. The molecule has 1 saturated heterocycles. The predicted molar refractivity (Wildman–Crippen MR) is 162 cm³/mol. The van der Waals surface area contributed by atoms with Crippen LogP contribution in [-0.2, 0) is 21.4 Å². The molecule has 43 heavy (non-hydrogen) atoms. The van der Waals surface area contributed by atoms with E-state index in [1.807, 2.05) is 12.3 Å². The highest BCUT2D eigenvalue weighted by molar-refractivity contribution is 7.89. The molecule has 4 N–H and O–H groups in total. The number of aromatic nitrogens is 1. The Balaban J connectivity index is 0.000000646. The zero-order valence-electron chi connectivity index (χ0n) is 24.6. The zero-order valence-corrected chi connectivity index (χ0v) is 26.2. The molecule has 3 aromatic rings. The average molecular weight is 646 g/mol. The number of thiophene rings is 1. The number of carboxylic acid groups (broad SMARTS) is 1. The van der Waals surface area contributed by atoms with Crippen molar-refractivity contribution in [1.82, 2.24) is 19.1 Å². The molecule has 0 saturated carbocycles. The number of halogens is 3. The van der Waals surface area contributed by atoms with Crippen LogP contribution in [0.15, 0.2) is 29.8 Å². The number of carbonyl (C=O) groups is 2. The lowest BCUT2D eigenvalue weighted by Gasteiger charge is -2.31. The van der Waals surface area contributed by atoms with E-state index in [-0.39, 0.29) is 11.7 Å². The summed E-state index contributed by atoms with van der Waals surface area (Å²) in [5.74, 6) is -2.86. The molecular weight excluding hydrogens is 607 g/mol. The molecule has 15 heteroatoms. The Morgan fingerprint density at radius 1 is 1.12 bits per heavy atom. The number of fused-ring (bicyclic) bond motifs is 1. The Morgan fingerprint density at radius 3 is 2.28 bits per heavy atom. The van der Waals surface area contributed by atoms with Crippen LogP contribution in [-0.4, -0.2) is 104 Å². The van der Waals surface area contributed by atoms with Crippen LogP contribution in [0.4, 0.5) is 13.2 Å². The highest BCUT2D eigenvalue weighted by atomic mass is 32.2. The van der Waals surface area contributed by atoms with Gasteiger partial charge in [0.05, 0.1) is 16.8 Å². The molecule has 238 valence electrons. The third-order valence-corrected chi connectivity index (χ3v) is 10.1. The molecule has 10 nitrogen and oxygen atoms in total. The molecule has 0 radical (unpaired) electrons. The van der Waals surface area contributed by atoms with E-state index in [0.717, 1.165) is 60.1 Å². The number of hydrogen-bond acceptors (Lipinski definition) is 7. The second kappa shape index (κ2) is 14.2. The molecule has 1 aliphatic rings. The smallest absolute Gasteiger partial charge is 0.475 e. The molecule has 1 aromatic carbocycles. The molecule has 2 aromatic heterocycles. The molecule has 1 amide bonds. The van der Waals surface area contributed by atoms with Crippen molar-refractivity contribution in [1.29, 1.82) is 0 Å². The molecule has 0 bridgehead atoms. The van der Waals surface area contributed by atoms with Gasteiger partial charge in [0.2, 0.25) is 10.0 Å². The van der Waals surface area contributed by atoms with Gasteiger partial charge in [0.25, 0.3) is 5.91 Å². The van der Waals surface area contributed by atoms with Gasteiger partial charge in [-0.15, -0.1) is 11.3 Å². The summed E-state index contributed by atoms with van der Waals surface area (Å²) in [6, 6.07) is 6.22. The number of carboxylic acids is 1. The molecule has 0 atom stereocenters. The number of primary amides is 1. The van der Waals surface area contributed by atoms with E-state index in [9.17, 15) is 26.4 Å². The van der Waals surface area contributed by atoms with Gasteiger partial charge >= 0.3 is 12.1 Å². The maximum atomic E-state index is 12.4. The molecule has 0 unspecified atom stereocenters. The first-order valence-corrected chi connectivity index (χ1v) is 16.2. The lowest BCUT2D eigenvalue weighted by molar-refractivity contribution is -0.192. The summed E-state index contributed by atoms with van der Waals surface area (Å²) in [6.07, 6.45) is -1.61. The Kier molecular flexibility index (Phi) is 11.4. The van der Waals surface area contributed by atoms with E-state index in [0.29, 0.717) is 18.7 Å². The van der Waals surface area contributed by atoms with Gasteiger partial charge in [-0.2, -0.15) is 13.2 Å². The number of nitrogens with zero attached hydrogens (tertiary/aromatic N) is 3. The minimum Gasteiger partial charge on any atom is -0.475 e. The van der Waals surface area contributed by atoms with Gasteiger partial charge in [0.1, 0.15) is 0 Å². The highest BCUT2D eigenvalue weighted by Gasteiger charge is 2.38. The van der Waals surface area contributed by atoms with Gasteiger partial charge in [0, 0.05) is 49.2 Å². The van der Waals surface area contributed by atoms with Crippen molar-refractivity contribution in [3.8, 4) is 11.1 Å². The maximum absolute atomic E-state index is 12.4. The van der Waals surface area contributed by atoms with Crippen LogP contribution in [0.5, 0.6) is 0 Å². The summed E-state index contributed by atoms with van der Waals surface area (Å²) in [7, 11) is 3.11. The first-order chi connectivity index (χ1) is 20.0. The van der Waals surface area contributed by atoms with Crippen LogP contribution in [0, 0.1) is 0 Å². The number of hydrogen-bond donors (Lipinski definition) is 3. The summed E-state index contributed by atoms with van der Waals surface area (Å²) in [6.45, 7) is 5.59. The van der Waals surface area contributed by atoms with E-state index in [1.54, 1.807) is 22.6 Å².